The van der Waals surface area contributed by atoms with Crippen molar-refractivity contribution in [3.63, 3.8) is 0 Å². The summed E-state index contributed by atoms with van der Waals surface area (Å²) >= 11 is 0. The molecule has 0 saturated carbocycles. The van der Waals surface area contributed by atoms with E-state index in [2.05, 4.69) is 10.3 Å². The second kappa shape index (κ2) is 6.80. The summed E-state index contributed by atoms with van der Waals surface area (Å²) in [6.07, 6.45) is 2.58. The molecule has 0 spiro atoms. The van der Waals surface area contributed by atoms with Gasteiger partial charge in [0, 0.05) is 12.4 Å². The molecule has 0 fully saturated rings. The molecule has 2 heterocycles. The van der Waals surface area contributed by atoms with Crippen molar-refractivity contribution in [2.75, 3.05) is 0 Å². The number of carbonyl (C=O) groups excluding carboxylic acids is 1. The van der Waals surface area contributed by atoms with Crippen LogP contribution in [0.25, 0.3) is 5.65 Å². The first kappa shape index (κ1) is 16.1. The van der Waals surface area contributed by atoms with Crippen molar-refractivity contribution in [2.24, 2.45) is 0 Å². The monoisotopic (exact) mass is 327 g/mol. The number of aryl methyl sites for hydroxylation is 1. The summed E-state index contributed by atoms with van der Waals surface area (Å²) in [5.74, 6) is -0.757. The molecule has 1 atom stereocenters. The summed E-state index contributed by atoms with van der Waals surface area (Å²) in [5.41, 5.74) is 3.02. The molecule has 1 amide bonds. The Labute approximate surface area is 138 Å². The number of hydrogen-bond donors (Lipinski definition) is 2. The number of amides is 1. The van der Waals surface area contributed by atoms with Crippen LogP contribution in [0.15, 0.2) is 48.8 Å². The van der Waals surface area contributed by atoms with Crippen molar-refractivity contribution in [3.05, 3.63) is 71.4 Å². The summed E-state index contributed by atoms with van der Waals surface area (Å²) in [4.78, 5) is 16.4. The van der Waals surface area contributed by atoms with Crippen LogP contribution in [0.3, 0.4) is 0 Å². The van der Waals surface area contributed by atoms with Gasteiger partial charge >= 0.3 is 0 Å². The van der Waals surface area contributed by atoms with Crippen molar-refractivity contribution in [1.29, 1.82) is 0 Å². The standard InChI is InChI=1S/C18H18FN3O2/c1-12-4-3-7-22-11-15(21-18(12)22)10-20-17(24)9-16(23)13-5-2-6-14(19)8-13/h2-8,11,16,23H,9-10H2,1H3,(H,20,24). The Hall–Kier alpha value is -2.73. The average Bonchev–Trinajstić information content (AvgIpc) is 2.97. The smallest absolute Gasteiger partial charge is 0.223 e. The number of aliphatic hydroxyl groups is 1. The van der Waals surface area contributed by atoms with E-state index in [1.165, 1.54) is 18.2 Å². The number of fused-ring (bicyclic) bond motifs is 1. The second-order valence-corrected chi connectivity index (χ2v) is 5.71. The molecule has 0 aliphatic carbocycles. The summed E-state index contributed by atoms with van der Waals surface area (Å²) in [6, 6.07) is 9.52. The lowest BCUT2D eigenvalue weighted by Gasteiger charge is -2.10. The third-order valence-corrected chi connectivity index (χ3v) is 3.81. The molecule has 3 rings (SSSR count). The highest BCUT2D eigenvalue weighted by atomic mass is 19.1. The van der Waals surface area contributed by atoms with Gasteiger partial charge in [-0.15, -0.1) is 0 Å². The zero-order chi connectivity index (χ0) is 17.1. The molecule has 2 N–H and O–H groups in total. The van der Waals surface area contributed by atoms with Gasteiger partial charge < -0.3 is 14.8 Å². The highest BCUT2D eigenvalue weighted by molar-refractivity contribution is 5.76. The van der Waals surface area contributed by atoms with Crippen molar-refractivity contribution < 1.29 is 14.3 Å². The first-order chi connectivity index (χ1) is 11.5. The molecule has 0 aliphatic rings. The van der Waals surface area contributed by atoms with Gasteiger partial charge in [-0.2, -0.15) is 0 Å². The number of hydrogen-bond acceptors (Lipinski definition) is 3. The molecule has 3 aromatic rings. The Morgan fingerprint density at radius 1 is 1.38 bits per heavy atom. The summed E-state index contributed by atoms with van der Waals surface area (Å²) in [6.45, 7) is 2.25. The minimum Gasteiger partial charge on any atom is -0.388 e. The molecule has 124 valence electrons. The van der Waals surface area contributed by atoms with Crippen molar-refractivity contribution >= 4 is 11.6 Å². The molecule has 6 heteroatoms. The maximum absolute atomic E-state index is 13.1. The lowest BCUT2D eigenvalue weighted by Crippen LogP contribution is -2.24. The number of benzene rings is 1. The Kier molecular flexibility index (Phi) is 4.57. The Morgan fingerprint density at radius 3 is 2.96 bits per heavy atom. The Bertz CT molecular complexity index is 876. The molecule has 5 nitrogen and oxygen atoms in total. The molecule has 1 unspecified atom stereocenters. The minimum atomic E-state index is -1.04. The predicted octanol–water partition coefficient (Wildman–Crippen LogP) is 2.52. The predicted molar refractivity (Wildman–Crippen MR) is 87.8 cm³/mol. The minimum absolute atomic E-state index is 0.129. The number of pyridine rings is 1. The number of aliphatic hydroxyl groups excluding tert-OH is 1. The Balaban J connectivity index is 1.59. The van der Waals surface area contributed by atoms with Gasteiger partial charge in [0.05, 0.1) is 24.8 Å². The molecular formula is C18H18FN3O2. The van der Waals surface area contributed by atoms with Crippen LogP contribution in [-0.4, -0.2) is 20.4 Å². The Morgan fingerprint density at radius 2 is 2.21 bits per heavy atom. The van der Waals surface area contributed by atoms with Gasteiger partial charge in [0.25, 0.3) is 0 Å². The van der Waals surface area contributed by atoms with Gasteiger partial charge in [-0.05, 0) is 36.2 Å². The van der Waals surface area contributed by atoms with E-state index in [1.807, 2.05) is 35.9 Å². The van der Waals surface area contributed by atoms with E-state index in [1.54, 1.807) is 6.07 Å². The lowest BCUT2D eigenvalue weighted by atomic mass is 10.1. The highest BCUT2D eigenvalue weighted by Crippen LogP contribution is 2.17. The van der Waals surface area contributed by atoms with Gasteiger partial charge in [-0.1, -0.05) is 18.2 Å². The van der Waals surface area contributed by atoms with E-state index in [4.69, 9.17) is 0 Å². The number of imidazole rings is 1. The largest absolute Gasteiger partial charge is 0.388 e. The number of nitrogens with one attached hydrogen (secondary N) is 1. The average molecular weight is 327 g/mol. The SMILES string of the molecule is Cc1cccn2cc(CNC(=O)CC(O)c3cccc(F)c3)nc12. The van der Waals surface area contributed by atoms with Gasteiger partial charge in [0.2, 0.25) is 5.91 Å². The van der Waals surface area contributed by atoms with Crippen molar-refractivity contribution in [2.45, 2.75) is 26.0 Å². The van der Waals surface area contributed by atoms with Crippen LogP contribution in [0.1, 0.15) is 29.3 Å². The van der Waals surface area contributed by atoms with Crippen LogP contribution >= 0.6 is 0 Å². The third kappa shape index (κ3) is 3.60. The fraction of sp³-hybridized carbons (Fsp3) is 0.222. The summed E-state index contributed by atoms with van der Waals surface area (Å²) in [5, 5.41) is 12.7. The highest BCUT2D eigenvalue weighted by Gasteiger charge is 2.14. The first-order valence-electron chi connectivity index (χ1n) is 7.66. The van der Waals surface area contributed by atoms with Crippen LogP contribution in [0, 0.1) is 12.7 Å². The van der Waals surface area contributed by atoms with E-state index >= 15 is 0 Å². The summed E-state index contributed by atoms with van der Waals surface area (Å²) in [7, 11) is 0. The molecule has 1 aromatic carbocycles. The van der Waals surface area contributed by atoms with Crippen molar-refractivity contribution in [1.82, 2.24) is 14.7 Å². The zero-order valence-corrected chi connectivity index (χ0v) is 13.2. The zero-order valence-electron chi connectivity index (χ0n) is 13.2. The summed E-state index contributed by atoms with van der Waals surface area (Å²) < 4.78 is 15.0. The van der Waals surface area contributed by atoms with Crippen LogP contribution < -0.4 is 5.32 Å². The van der Waals surface area contributed by atoms with Gasteiger partial charge in [-0.3, -0.25) is 4.79 Å². The van der Waals surface area contributed by atoms with E-state index in [9.17, 15) is 14.3 Å². The van der Waals surface area contributed by atoms with E-state index in [0.717, 1.165) is 16.9 Å². The van der Waals surface area contributed by atoms with Gasteiger partial charge in [-0.25, -0.2) is 9.37 Å². The fourth-order valence-electron chi connectivity index (χ4n) is 2.56. The number of halogens is 1. The topological polar surface area (TPSA) is 66.6 Å². The number of rotatable bonds is 5. The first-order valence-corrected chi connectivity index (χ1v) is 7.66. The number of aromatic nitrogens is 2. The fourth-order valence-corrected chi connectivity index (χ4v) is 2.56. The maximum atomic E-state index is 13.1. The number of nitrogens with zero attached hydrogens (tertiary/aromatic N) is 2. The van der Waals surface area contributed by atoms with E-state index < -0.39 is 11.9 Å². The molecule has 0 bridgehead atoms. The quantitative estimate of drug-likeness (QED) is 0.757. The molecule has 2 aromatic heterocycles. The molecular weight excluding hydrogens is 309 g/mol. The number of carbonyl (C=O) groups is 1. The van der Waals surface area contributed by atoms with Crippen LogP contribution in [0.4, 0.5) is 4.39 Å². The normalized spacial score (nSPS) is 12.3. The van der Waals surface area contributed by atoms with Gasteiger partial charge in [0.1, 0.15) is 11.5 Å². The van der Waals surface area contributed by atoms with Crippen LogP contribution in [-0.2, 0) is 11.3 Å². The molecule has 0 saturated heterocycles. The molecule has 0 aliphatic heterocycles. The molecule has 0 radical (unpaired) electrons. The maximum Gasteiger partial charge on any atom is 0.223 e. The van der Waals surface area contributed by atoms with Crippen LogP contribution in [0.2, 0.25) is 0 Å². The van der Waals surface area contributed by atoms with E-state index in [0.29, 0.717) is 5.56 Å². The lowest BCUT2D eigenvalue weighted by molar-refractivity contribution is -0.123. The molecule has 24 heavy (non-hydrogen) atoms. The van der Waals surface area contributed by atoms with Crippen molar-refractivity contribution in [3.8, 4) is 0 Å². The van der Waals surface area contributed by atoms with Gasteiger partial charge in [0.15, 0.2) is 0 Å². The second-order valence-electron chi connectivity index (χ2n) is 5.71. The van der Waals surface area contributed by atoms with E-state index in [-0.39, 0.29) is 18.9 Å². The van der Waals surface area contributed by atoms with Crippen LogP contribution in [0.5, 0.6) is 0 Å². The third-order valence-electron chi connectivity index (χ3n) is 3.81.